The molecule has 0 unspecified atom stereocenters. The van der Waals surface area contributed by atoms with E-state index in [0.717, 1.165) is 16.5 Å². The van der Waals surface area contributed by atoms with Crippen molar-refractivity contribution in [1.82, 2.24) is 51.5 Å². The summed E-state index contributed by atoms with van der Waals surface area (Å²) in [5.41, 5.74) is 5.50. The topological polar surface area (TPSA) is 284 Å². The van der Waals surface area contributed by atoms with Gasteiger partial charge in [0.25, 0.3) is 23.6 Å². The minimum Gasteiger partial charge on any atom is -0.480 e. The third-order valence-corrected chi connectivity index (χ3v) is 9.43. The first-order valence-electron chi connectivity index (χ1n) is 19.0. The van der Waals surface area contributed by atoms with Gasteiger partial charge < -0.3 is 52.4 Å². The SMILES string of the molecule is CC(C)C[C@@H](CNCC(=O)[C@H](Cc1c[nH]c2ccccc12)NC(=O)c1[nH]cnc1C(=O)N[C@@H](C)C[NH3+])NC(=O)c1nc[nH]c1C(=O)N[C@@H](Cc1ccccc1)C(=O)O.Cl. The standard InChI is InChI=1S/C40H49N11O7.ClH/c1-22(2)13-26(49-37(54)33-35(47-21-45-33)39(56)51-30(40(57)58)14-24-9-5-4-6-10-24)18-42-19-31(52)29(15-25-17-43-28-12-8-7-11-27(25)28)50-38(55)34-32(44-20-46-34)36(53)48-23(3)16-41;/h4-12,17,20-23,26,29-30,42-43H,13-16,18-19,41H2,1-3H3,(H,44,46)(H,45,47)(H,48,53)(H,49,54)(H,50,55)(H,51,56)(H,57,58);1H/p+1/t23-,26-,29-,30-;/m0./s1. The summed E-state index contributed by atoms with van der Waals surface area (Å²) in [5.74, 6) is -4.22. The van der Waals surface area contributed by atoms with E-state index in [2.05, 4.69) is 57.2 Å². The molecular formula is C40H51ClN11O7+. The fraction of sp³-hybridized carbons (Fsp3) is 0.350. The van der Waals surface area contributed by atoms with Crippen molar-refractivity contribution in [2.45, 2.75) is 64.2 Å². The molecule has 12 N–H and O–H groups in total. The number of para-hydroxylation sites is 1. The van der Waals surface area contributed by atoms with Gasteiger partial charge in [0.05, 0.1) is 37.8 Å². The van der Waals surface area contributed by atoms with Gasteiger partial charge in [0.15, 0.2) is 17.2 Å². The number of nitrogens with zero attached hydrogens (tertiary/aromatic N) is 2. The quantitative estimate of drug-likeness (QED) is 0.0504. The predicted molar refractivity (Wildman–Crippen MR) is 220 cm³/mol. The maximum atomic E-state index is 13.9. The highest BCUT2D eigenvalue weighted by molar-refractivity contribution is 6.07. The van der Waals surface area contributed by atoms with Gasteiger partial charge in [-0.3, -0.25) is 24.0 Å². The summed E-state index contributed by atoms with van der Waals surface area (Å²) in [5, 5.41) is 24.7. The smallest absolute Gasteiger partial charge is 0.326 e. The molecule has 314 valence electrons. The van der Waals surface area contributed by atoms with Crippen molar-refractivity contribution >= 4 is 58.7 Å². The number of quaternary nitrogens is 1. The third-order valence-electron chi connectivity index (χ3n) is 9.43. The van der Waals surface area contributed by atoms with E-state index in [1.165, 1.54) is 12.7 Å². The maximum absolute atomic E-state index is 13.9. The van der Waals surface area contributed by atoms with Gasteiger partial charge in [0.1, 0.15) is 17.4 Å². The van der Waals surface area contributed by atoms with E-state index >= 15 is 0 Å². The zero-order chi connectivity index (χ0) is 41.8. The molecule has 18 nitrogen and oxygen atoms in total. The first-order chi connectivity index (χ1) is 27.8. The van der Waals surface area contributed by atoms with Gasteiger partial charge in [0.2, 0.25) is 0 Å². The molecule has 0 aliphatic heterocycles. The van der Waals surface area contributed by atoms with Crippen LogP contribution in [0.3, 0.4) is 0 Å². The van der Waals surface area contributed by atoms with Crippen LogP contribution in [-0.4, -0.2) is 109 Å². The van der Waals surface area contributed by atoms with Crippen molar-refractivity contribution in [1.29, 1.82) is 0 Å². The Morgan fingerprint density at radius 1 is 0.729 bits per heavy atom. The van der Waals surface area contributed by atoms with E-state index in [0.29, 0.717) is 18.5 Å². The maximum Gasteiger partial charge on any atom is 0.326 e. The minimum atomic E-state index is -1.26. The van der Waals surface area contributed by atoms with E-state index in [9.17, 15) is 33.9 Å². The molecule has 0 fully saturated rings. The van der Waals surface area contributed by atoms with Crippen LogP contribution in [0.5, 0.6) is 0 Å². The third kappa shape index (κ3) is 12.3. The number of ketones is 1. The van der Waals surface area contributed by atoms with E-state index in [-0.39, 0.29) is 78.9 Å². The van der Waals surface area contributed by atoms with Gasteiger partial charge in [-0.1, -0.05) is 62.4 Å². The zero-order valence-electron chi connectivity index (χ0n) is 33.0. The number of carbonyl (C=O) groups is 6. The summed E-state index contributed by atoms with van der Waals surface area (Å²) in [6, 6.07) is 13.3. The largest absolute Gasteiger partial charge is 0.480 e. The average Bonchev–Trinajstić information content (AvgIpc) is 3.98. The number of carbonyl (C=O) groups excluding carboxylic acids is 5. The second-order valence-electron chi connectivity index (χ2n) is 14.5. The highest BCUT2D eigenvalue weighted by Gasteiger charge is 2.29. The molecule has 0 bridgehead atoms. The Morgan fingerprint density at radius 3 is 1.93 bits per heavy atom. The summed E-state index contributed by atoms with van der Waals surface area (Å²) >= 11 is 0. The van der Waals surface area contributed by atoms with E-state index in [1.807, 2.05) is 38.1 Å². The molecule has 5 aromatic rings. The average molecular weight is 833 g/mol. The van der Waals surface area contributed by atoms with Crippen molar-refractivity contribution in [3.63, 3.8) is 0 Å². The summed E-state index contributed by atoms with van der Waals surface area (Å²) in [4.78, 5) is 95.8. The number of carboxylic acids is 1. The summed E-state index contributed by atoms with van der Waals surface area (Å²) in [6.45, 7) is 6.09. The lowest BCUT2D eigenvalue weighted by Crippen LogP contribution is -2.59. The molecule has 19 heteroatoms. The number of rotatable bonds is 21. The van der Waals surface area contributed by atoms with Gasteiger partial charge in [-0.15, -0.1) is 12.4 Å². The Hall–Kier alpha value is -6.37. The molecule has 4 amide bonds. The van der Waals surface area contributed by atoms with Crippen LogP contribution in [0.15, 0.2) is 73.4 Å². The highest BCUT2D eigenvalue weighted by atomic mass is 35.5. The number of aliphatic carboxylic acids is 1. The van der Waals surface area contributed by atoms with E-state index < -0.39 is 47.7 Å². The Balaban J connectivity index is 0.00000769. The number of carboxylic acid groups (broad SMARTS) is 1. The zero-order valence-corrected chi connectivity index (χ0v) is 33.8. The summed E-state index contributed by atoms with van der Waals surface area (Å²) < 4.78 is 0. The number of hydrogen-bond donors (Lipinski definition) is 10. The van der Waals surface area contributed by atoms with Gasteiger partial charge in [-0.2, -0.15) is 0 Å². The van der Waals surface area contributed by atoms with Crippen LogP contribution in [0.1, 0.15) is 80.3 Å². The number of aromatic amines is 3. The number of amides is 4. The molecular weight excluding hydrogens is 782 g/mol. The number of H-pyrrole nitrogens is 3. The first kappa shape index (κ1) is 45.3. The molecule has 0 saturated heterocycles. The Bertz CT molecular complexity index is 2220. The van der Waals surface area contributed by atoms with Crippen molar-refractivity contribution in [2.24, 2.45) is 5.92 Å². The lowest BCUT2D eigenvalue weighted by molar-refractivity contribution is -0.371. The van der Waals surface area contributed by atoms with Crippen LogP contribution in [0.25, 0.3) is 10.9 Å². The number of imidazole rings is 2. The van der Waals surface area contributed by atoms with Crippen LogP contribution in [0, 0.1) is 5.92 Å². The summed E-state index contributed by atoms with van der Waals surface area (Å²) in [7, 11) is 0. The highest BCUT2D eigenvalue weighted by Crippen LogP contribution is 2.20. The molecule has 0 saturated carbocycles. The van der Waals surface area contributed by atoms with Crippen molar-refractivity contribution in [3.8, 4) is 0 Å². The fourth-order valence-corrected chi connectivity index (χ4v) is 6.43. The predicted octanol–water partition coefficient (Wildman–Crippen LogP) is 1.17. The molecule has 2 aromatic carbocycles. The van der Waals surface area contributed by atoms with Crippen molar-refractivity contribution < 1.29 is 39.6 Å². The second kappa shape index (κ2) is 21.4. The van der Waals surface area contributed by atoms with Crippen molar-refractivity contribution in [2.75, 3.05) is 19.6 Å². The molecule has 0 aliphatic carbocycles. The van der Waals surface area contributed by atoms with Crippen LogP contribution in [0.4, 0.5) is 0 Å². The Labute approximate surface area is 346 Å². The molecule has 0 aliphatic rings. The van der Waals surface area contributed by atoms with Gasteiger partial charge in [-0.25, -0.2) is 14.8 Å². The number of benzene rings is 2. The molecule has 3 aromatic heterocycles. The summed E-state index contributed by atoms with van der Waals surface area (Å²) in [6.07, 6.45) is 4.84. The number of hydrogen-bond acceptors (Lipinski definition) is 9. The minimum absolute atomic E-state index is 0. The van der Waals surface area contributed by atoms with E-state index in [1.54, 1.807) is 43.5 Å². The molecule has 4 atom stereocenters. The van der Waals surface area contributed by atoms with Crippen LogP contribution in [0.2, 0.25) is 0 Å². The first-order valence-corrected chi connectivity index (χ1v) is 19.0. The van der Waals surface area contributed by atoms with Gasteiger partial charge in [-0.05, 0) is 36.5 Å². The molecule has 3 heterocycles. The lowest BCUT2D eigenvalue weighted by Gasteiger charge is -2.22. The number of aromatic nitrogens is 5. The molecule has 0 radical (unpaired) electrons. The molecule has 0 spiro atoms. The van der Waals surface area contributed by atoms with Crippen LogP contribution < -0.4 is 32.3 Å². The van der Waals surface area contributed by atoms with Gasteiger partial charge >= 0.3 is 5.97 Å². The molecule has 5 rings (SSSR count). The number of halogens is 1. The monoisotopic (exact) mass is 832 g/mol. The van der Waals surface area contributed by atoms with E-state index in [4.69, 9.17) is 0 Å². The van der Waals surface area contributed by atoms with Crippen LogP contribution in [-0.2, 0) is 22.4 Å². The van der Waals surface area contributed by atoms with Gasteiger partial charge in [0, 0.05) is 42.5 Å². The van der Waals surface area contributed by atoms with Crippen LogP contribution >= 0.6 is 12.4 Å². The second-order valence-corrected chi connectivity index (χ2v) is 14.5. The molecule has 59 heavy (non-hydrogen) atoms. The number of nitrogens with one attached hydrogen (secondary N) is 8. The normalized spacial score (nSPS) is 13.1. The van der Waals surface area contributed by atoms with Crippen molar-refractivity contribution in [3.05, 3.63) is 107 Å². The Kier molecular flexibility index (Phi) is 16.4. The fourth-order valence-electron chi connectivity index (χ4n) is 6.43. The number of Topliss-reactive ketones (excluding diaryl/α,β-unsaturated/α-hetero) is 1. The number of fused-ring (bicyclic) bond motifs is 1. The Morgan fingerprint density at radius 2 is 1.32 bits per heavy atom. The lowest BCUT2D eigenvalue weighted by atomic mass is 10.0.